The van der Waals surface area contributed by atoms with E-state index in [-0.39, 0.29) is 5.54 Å². The van der Waals surface area contributed by atoms with Crippen LogP contribution in [0.1, 0.15) is 24.6 Å². The molecule has 1 fully saturated rings. The van der Waals surface area contributed by atoms with Gasteiger partial charge in [0, 0.05) is 0 Å². The lowest BCUT2D eigenvalue weighted by Crippen LogP contribution is -2.21. The average molecular weight is 253 g/mol. The molecule has 17 heavy (non-hydrogen) atoms. The van der Waals surface area contributed by atoms with Gasteiger partial charge in [0.2, 0.25) is 5.89 Å². The fraction of sp³-hybridized carbons (Fsp3) is 0.625. The highest BCUT2D eigenvalue weighted by Gasteiger charge is 2.45. The summed E-state index contributed by atoms with van der Waals surface area (Å²) in [6.45, 7) is 1.79. The van der Waals surface area contributed by atoms with Crippen molar-refractivity contribution in [2.75, 3.05) is 0 Å². The maximum Gasteiger partial charge on any atom is 0.490 e. The zero-order chi connectivity index (χ0) is 13.3. The lowest BCUT2D eigenvalue weighted by atomic mass is 10.3. The van der Waals surface area contributed by atoms with Crippen molar-refractivity contribution in [3.63, 3.8) is 0 Å². The monoisotopic (exact) mass is 253 g/mol. The molecule has 0 amide bonds. The standard InChI is InChI=1S/C6H9N3O.C2HF3O2/c1-4-8-5(10-9-4)6(7)2-3-6;3-2(4,5)1(6)7/h2-3,7H2,1H3;(H,6,7). The Balaban J connectivity index is 0.000000185. The van der Waals surface area contributed by atoms with Gasteiger partial charge in [0.05, 0.1) is 5.54 Å². The third-order valence-corrected chi connectivity index (χ3v) is 1.98. The summed E-state index contributed by atoms with van der Waals surface area (Å²) in [7, 11) is 0. The van der Waals surface area contributed by atoms with Crippen LogP contribution in [0.2, 0.25) is 0 Å². The molecule has 0 spiro atoms. The molecule has 0 unspecified atom stereocenters. The quantitative estimate of drug-likeness (QED) is 0.772. The van der Waals surface area contributed by atoms with E-state index in [0.717, 1.165) is 12.8 Å². The van der Waals surface area contributed by atoms with Crippen molar-refractivity contribution in [1.29, 1.82) is 0 Å². The van der Waals surface area contributed by atoms with Crippen molar-refractivity contribution in [1.82, 2.24) is 10.1 Å². The number of nitrogens with zero attached hydrogens (tertiary/aromatic N) is 2. The molecule has 0 atom stereocenters. The maximum atomic E-state index is 10.6. The number of alkyl halides is 3. The van der Waals surface area contributed by atoms with Gasteiger partial charge in [-0.15, -0.1) is 0 Å². The Morgan fingerprint density at radius 1 is 1.53 bits per heavy atom. The van der Waals surface area contributed by atoms with Crippen LogP contribution in [0.5, 0.6) is 0 Å². The first-order valence-electron chi connectivity index (χ1n) is 4.55. The highest BCUT2D eigenvalue weighted by atomic mass is 19.4. The second kappa shape index (κ2) is 4.32. The molecule has 0 bridgehead atoms. The van der Waals surface area contributed by atoms with E-state index in [2.05, 4.69) is 10.1 Å². The van der Waals surface area contributed by atoms with E-state index >= 15 is 0 Å². The smallest absolute Gasteiger partial charge is 0.475 e. The highest BCUT2D eigenvalue weighted by Crippen LogP contribution is 2.41. The van der Waals surface area contributed by atoms with Crippen LogP contribution in [0.4, 0.5) is 13.2 Å². The lowest BCUT2D eigenvalue weighted by Gasteiger charge is -1.97. The molecule has 9 heteroatoms. The van der Waals surface area contributed by atoms with E-state index in [4.69, 9.17) is 20.2 Å². The van der Waals surface area contributed by atoms with Gasteiger partial charge < -0.3 is 15.4 Å². The number of rotatable bonds is 1. The highest BCUT2D eigenvalue weighted by molar-refractivity contribution is 5.73. The predicted octanol–water partition coefficient (Wildman–Crippen LogP) is 0.959. The van der Waals surface area contributed by atoms with Crippen molar-refractivity contribution in [2.24, 2.45) is 5.73 Å². The molecule has 1 aliphatic rings. The number of halogens is 3. The van der Waals surface area contributed by atoms with Gasteiger partial charge in [0.15, 0.2) is 5.82 Å². The summed E-state index contributed by atoms with van der Waals surface area (Å²) in [5.41, 5.74) is 5.51. The van der Waals surface area contributed by atoms with Crippen LogP contribution >= 0.6 is 0 Å². The number of aliphatic carboxylic acids is 1. The SMILES string of the molecule is Cc1noc(C2(N)CC2)n1.O=C(O)C(F)(F)F. The van der Waals surface area contributed by atoms with Crippen LogP contribution in [-0.2, 0) is 10.3 Å². The molecule has 1 heterocycles. The minimum absolute atomic E-state index is 0.277. The Bertz CT molecular complexity index is 412. The van der Waals surface area contributed by atoms with Crippen molar-refractivity contribution >= 4 is 5.97 Å². The average Bonchev–Trinajstić information content (AvgIpc) is 2.75. The number of hydrogen-bond donors (Lipinski definition) is 2. The van der Waals surface area contributed by atoms with Crippen LogP contribution in [0.25, 0.3) is 0 Å². The van der Waals surface area contributed by atoms with Crippen LogP contribution in [0, 0.1) is 6.92 Å². The van der Waals surface area contributed by atoms with Crippen molar-refractivity contribution in [2.45, 2.75) is 31.5 Å². The van der Waals surface area contributed by atoms with Gasteiger partial charge in [-0.2, -0.15) is 18.2 Å². The molecular formula is C8H10F3N3O3. The number of hydrogen-bond acceptors (Lipinski definition) is 5. The van der Waals surface area contributed by atoms with E-state index in [1.54, 1.807) is 6.92 Å². The molecule has 1 saturated carbocycles. The molecule has 0 aliphatic heterocycles. The third-order valence-electron chi connectivity index (χ3n) is 1.98. The summed E-state index contributed by atoms with van der Waals surface area (Å²) >= 11 is 0. The van der Waals surface area contributed by atoms with Gasteiger partial charge in [-0.1, -0.05) is 5.16 Å². The summed E-state index contributed by atoms with van der Waals surface area (Å²) in [6.07, 6.45) is -3.15. The second-order valence-corrected chi connectivity index (χ2v) is 3.61. The minimum Gasteiger partial charge on any atom is -0.475 e. The van der Waals surface area contributed by atoms with Gasteiger partial charge in [-0.25, -0.2) is 4.79 Å². The van der Waals surface area contributed by atoms with E-state index in [0.29, 0.717) is 11.7 Å². The number of aryl methyl sites for hydroxylation is 1. The summed E-state index contributed by atoms with van der Waals surface area (Å²) in [6, 6.07) is 0. The number of nitrogens with two attached hydrogens (primary N) is 1. The van der Waals surface area contributed by atoms with E-state index in [9.17, 15) is 13.2 Å². The van der Waals surface area contributed by atoms with E-state index in [1.165, 1.54) is 0 Å². The van der Waals surface area contributed by atoms with Gasteiger partial charge in [-0.05, 0) is 19.8 Å². The first-order chi connectivity index (χ1) is 7.65. The maximum absolute atomic E-state index is 10.6. The predicted molar refractivity (Wildman–Crippen MR) is 47.8 cm³/mol. The van der Waals surface area contributed by atoms with Crippen molar-refractivity contribution in [3.8, 4) is 0 Å². The normalized spacial score (nSPS) is 17.0. The lowest BCUT2D eigenvalue weighted by molar-refractivity contribution is -0.192. The summed E-state index contributed by atoms with van der Waals surface area (Å²) in [5, 5.41) is 10.8. The van der Waals surface area contributed by atoms with Crippen LogP contribution in [-0.4, -0.2) is 27.4 Å². The molecule has 0 saturated heterocycles. The number of carbonyl (C=O) groups is 1. The number of aromatic nitrogens is 2. The molecule has 1 aromatic heterocycles. The van der Waals surface area contributed by atoms with Gasteiger partial charge in [-0.3, -0.25) is 0 Å². The third kappa shape index (κ3) is 3.70. The first kappa shape index (κ1) is 13.4. The Morgan fingerprint density at radius 3 is 2.24 bits per heavy atom. The second-order valence-electron chi connectivity index (χ2n) is 3.61. The first-order valence-corrected chi connectivity index (χ1v) is 4.55. The van der Waals surface area contributed by atoms with Crippen LogP contribution < -0.4 is 5.73 Å². The number of carboxylic acid groups (broad SMARTS) is 1. The fourth-order valence-corrected chi connectivity index (χ4v) is 0.848. The zero-order valence-corrected chi connectivity index (χ0v) is 8.78. The zero-order valence-electron chi connectivity index (χ0n) is 8.78. The van der Waals surface area contributed by atoms with Crippen LogP contribution in [0.15, 0.2) is 4.52 Å². The minimum atomic E-state index is -5.08. The van der Waals surface area contributed by atoms with E-state index < -0.39 is 12.1 Å². The van der Waals surface area contributed by atoms with E-state index in [1.807, 2.05) is 0 Å². The molecule has 1 aliphatic carbocycles. The molecule has 0 radical (unpaired) electrons. The Kier molecular flexibility index (Phi) is 3.41. The molecule has 1 aromatic rings. The fourth-order valence-electron chi connectivity index (χ4n) is 0.848. The topological polar surface area (TPSA) is 102 Å². The number of carboxylic acids is 1. The molecule has 0 aromatic carbocycles. The van der Waals surface area contributed by atoms with Gasteiger partial charge >= 0.3 is 12.1 Å². The Labute approximate surface area is 93.6 Å². The van der Waals surface area contributed by atoms with Crippen molar-refractivity contribution in [3.05, 3.63) is 11.7 Å². The summed E-state index contributed by atoms with van der Waals surface area (Å²) in [4.78, 5) is 12.9. The molecule has 96 valence electrons. The largest absolute Gasteiger partial charge is 0.490 e. The molecule has 2 rings (SSSR count). The Morgan fingerprint density at radius 2 is 2.00 bits per heavy atom. The van der Waals surface area contributed by atoms with Crippen LogP contribution in [0.3, 0.4) is 0 Å². The molecule has 3 N–H and O–H groups in total. The van der Waals surface area contributed by atoms with Gasteiger partial charge in [0.25, 0.3) is 0 Å². The van der Waals surface area contributed by atoms with Gasteiger partial charge in [0.1, 0.15) is 0 Å². The summed E-state index contributed by atoms with van der Waals surface area (Å²) < 4.78 is 36.6. The Hall–Kier alpha value is -1.64. The molecular weight excluding hydrogens is 243 g/mol. The summed E-state index contributed by atoms with van der Waals surface area (Å²) in [5.74, 6) is -1.51. The van der Waals surface area contributed by atoms with Crippen molar-refractivity contribution < 1.29 is 27.6 Å². The molecule has 6 nitrogen and oxygen atoms in total.